The van der Waals surface area contributed by atoms with E-state index in [1.54, 1.807) is 36.4 Å². The van der Waals surface area contributed by atoms with Crippen molar-refractivity contribution in [2.45, 2.75) is 10.8 Å². The third-order valence-corrected chi connectivity index (χ3v) is 6.32. The van der Waals surface area contributed by atoms with E-state index in [-0.39, 0.29) is 10.8 Å². The van der Waals surface area contributed by atoms with Crippen molar-refractivity contribution < 1.29 is 17.9 Å². The van der Waals surface area contributed by atoms with E-state index in [1.807, 2.05) is 42.5 Å². The molecule has 1 aliphatic heterocycles. The lowest BCUT2D eigenvalue weighted by molar-refractivity contribution is -0.116. The minimum atomic E-state index is -3.98. The summed E-state index contributed by atoms with van der Waals surface area (Å²) in [4.78, 5) is 12.6. The molecule has 3 N–H and O–H groups in total. The first-order valence-corrected chi connectivity index (χ1v) is 11.2. The Morgan fingerprint density at radius 2 is 1.52 bits per heavy atom. The van der Waals surface area contributed by atoms with Gasteiger partial charge in [-0.3, -0.25) is 4.79 Å². The highest BCUT2D eigenvalue weighted by atomic mass is 32.2. The minimum Gasteiger partial charge on any atom is -0.457 e. The van der Waals surface area contributed by atoms with Crippen LogP contribution >= 0.6 is 0 Å². The Kier molecular flexibility index (Phi) is 4.50. The Labute approximate surface area is 179 Å². The molecule has 31 heavy (non-hydrogen) atoms. The average Bonchev–Trinajstić information content (AvgIpc) is 3.09. The molecule has 0 spiro atoms. The predicted molar refractivity (Wildman–Crippen MR) is 119 cm³/mol. The summed E-state index contributed by atoms with van der Waals surface area (Å²) in [6, 6.07) is 25.5. The molecule has 0 aliphatic carbocycles. The summed E-state index contributed by atoms with van der Waals surface area (Å²) < 4.78 is 30.1. The van der Waals surface area contributed by atoms with Crippen molar-refractivity contribution in [2.75, 3.05) is 5.32 Å². The number of nitrogens with one attached hydrogen (secondary N) is 1. The van der Waals surface area contributed by atoms with Gasteiger partial charge in [-0.05, 0) is 52.7 Å². The van der Waals surface area contributed by atoms with Gasteiger partial charge in [0.05, 0.1) is 10.8 Å². The fourth-order valence-electron chi connectivity index (χ4n) is 3.95. The third kappa shape index (κ3) is 3.54. The van der Waals surface area contributed by atoms with E-state index >= 15 is 0 Å². The molecule has 4 aromatic rings. The predicted octanol–water partition coefficient (Wildman–Crippen LogP) is 4.36. The van der Waals surface area contributed by atoms with Crippen molar-refractivity contribution >= 4 is 32.4 Å². The van der Waals surface area contributed by atoms with Crippen LogP contribution in [0, 0.1) is 0 Å². The van der Waals surface area contributed by atoms with E-state index in [4.69, 9.17) is 9.88 Å². The standard InChI is InChI=1S/C24H18N2O4S/c25-31(28,29)21-7-3-6-20-23(21)22(24(27)26-20)16-9-11-18(12-10-16)30-19-13-8-15-4-1-2-5-17(15)14-19/h1-14,22H,(H,26,27)(H2,25,28,29). The number of ether oxygens (including phenoxy) is 1. The third-order valence-electron chi connectivity index (χ3n) is 5.35. The number of fused-ring (bicyclic) bond motifs is 2. The number of sulfonamides is 1. The molecule has 0 fully saturated rings. The number of amides is 1. The molecule has 0 saturated heterocycles. The zero-order chi connectivity index (χ0) is 21.6. The Bertz CT molecular complexity index is 1430. The monoisotopic (exact) mass is 430 g/mol. The van der Waals surface area contributed by atoms with Crippen LogP contribution in [0.15, 0.2) is 89.8 Å². The normalized spacial score (nSPS) is 15.5. The van der Waals surface area contributed by atoms with Crippen molar-refractivity contribution in [3.8, 4) is 11.5 Å². The van der Waals surface area contributed by atoms with Gasteiger partial charge in [-0.2, -0.15) is 0 Å². The highest BCUT2D eigenvalue weighted by Crippen LogP contribution is 2.41. The molecule has 1 heterocycles. The van der Waals surface area contributed by atoms with Gasteiger partial charge in [-0.1, -0.05) is 48.5 Å². The first kappa shape index (κ1) is 19.3. The zero-order valence-electron chi connectivity index (χ0n) is 16.3. The number of benzene rings is 4. The maximum atomic E-state index is 12.6. The summed E-state index contributed by atoms with van der Waals surface area (Å²) in [5, 5.41) is 10.3. The lowest BCUT2D eigenvalue weighted by atomic mass is 9.92. The topological polar surface area (TPSA) is 98.5 Å². The molecular weight excluding hydrogens is 412 g/mol. The molecular formula is C24H18N2O4S. The van der Waals surface area contributed by atoms with Gasteiger partial charge in [-0.25, -0.2) is 13.6 Å². The Hall–Kier alpha value is -3.68. The van der Waals surface area contributed by atoms with E-state index in [1.165, 1.54) is 6.07 Å². The van der Waals surface area contributed by atoms with Gasteiger partial charge in [0.25, 0.3) is 0 Å². The fourth-order valence-corrected chi connectivity index (χ4v) is 4.75. The largest absolute Gasteiger partial charge is 0.457 e. The van der Waals surface area contributed by atoms with E-state index < -0.39 is 15.9 Å². The van der Waals surface area contributed by atoms with Crippen LogP contribution < -0.4 is 15.2 Å². The van der Waals surface area contributed by atoms with Gasteiger partial charge < -0.3 is 10.1 Å². The van der Waals surface area contributed by atoms with Crippen molar-refractivity contribution in [3.05, 3.63) is 96.1 Å². The first-order valence-electron chi connectivity index (χ1n) is 9.63. The van der Waals surface area contributed by atoms with Crippen molar-refractivity contribution in [3.63, 3.8) is 0 Å². The van der Waals surface area contributed by atoms with E-state index in [2.05, 4.69) is 5.32 Å². The second kappa shape index (κ2) is 7.23. The maximum Gasteiger partial charge on any atom is 0.238 e. The van der Waals surface area contributed by atoms with Crippen LogP contribution in [0.1, 0.15) is 17.0 Å². The average molecular weight is 430 g/mol. The van der Waals surface area contributed by atoms with Crippen LogP contribution in [0.3, 0.4) is 0 Å². The molecule has 1 unspecified atom stereocenters. The fraction of sp³-hybridized carbons (Fsp3) is 0.0417. The van der Waals surface area contributed by atoms with Crippen LogP contribution in [-0.4, -0.2) is 14.3 Å². The highest BCUT2D eigenvalue weighted by Gasteiger charge is 2.36. The van der Waals surface area contributed by atoms with Gasteiger partial charge in [0.1, 0.15) is 11.5 Å². The zero-order valence-corrected chi connectivity index (χ0v) is 17.1. The molecule has 1 amide bonds. The number of carbonyl (C=O) groups excluding carboxylic acids is 1. The summed E-state index contributed by atoms with van der Waals surface area (Å²) in [5.41, 5.74) is 1.48. The van der Waals surface area contributed by atoms with Gasteiger partial charge >= 0.3 is 0 Å². The summed E-state index contributed by atoms with van der Waals surface area (Å²) >= 11 is 0. The first-order chi connectivity index (χ1) is 14.9. The van der Waals surface area contributed by atoms with E-state index in [0.29, 0.717) is 28.3 Å². The second-order valence-electron chi connectivity index (χ2n) is 7.36. The smallest absolute Gasteiger partial charge is 0.238 e. The molecule has 1 atom stereocenters. The molecule has 6 nitrogen and oxygen atoms in total. The van der Waals surface area contributed by atoms with E-state index in [0.717, 1.165) is 10.8 Å². The van der Waals surface area contributed by atoms with E-state index in [9.17, 15) is 13.2 Å². The Morgan fingerprint density at radius 1 is 0.806 bits per heavy atom. The molecule has 0 radical (unpaired) electrons. The number of nitrogens with two attached hydrogens (primary N) is 1. The summed E-state index contributed by atoms with van der Waals surface area (Å²) in [6.07, 6.45) is 0. The minimum absolute atomic E-state index is 0.0511. The van der Waals surface area contributed by atoms with Crippen molar-refractivity contribution in [1.29, 1.82) is 0 Å². The molecule has 0 bridgehead atoms. The molecule has 0 aromatic heterocycles. The van der Waals surface area contributed by atoms with Crippen LogP contribution in [0.4, 0.5) is 5.69 Å². The number of hydrogen-bond acceptors (Lipinski definition) is 4. The van der Waals surface area contributed by atoms with Gasteiger partial charge in [-0.15, -0.1) is 0 Å². The lowest BCUT2D eigenvalue weighted by Gasteiger charge is -2.14. The van der Waals surface area contributed by atoms with Crippen LogP contribution in [0.2, 0.25) is 0 Å². The molecule has 1 aliphatic rings. The Morgan fingerprint density at radius 3 is 2.26 bits per heavy atom. The highest BCUT2D eigenvalue weighted by molar-refractivity contribution is 7.89. The van der Waals surface area contributed by atoms with Crippen LogP contribution in [0.5, 0.6) is 11.5 Å². The molecule has 154 valence electrons. The number of hydrogen-bond donors (Lipinski definition) is 2. The van der Waals surface area contributed by atoms with Gasteiger partial charge in [0, 0.05) is 11.3 Å². The maximum absolute atomic E-state index is 12.6. The number of anilines is 1. The molecule has 4 aromatic carbocycles. The Balaban J connectivity index is 1.46. The lowest BCUT2D eigenvalue weighted by Crippen LogP contribution is -2.17. The molecule has 5 rings (SSSR count). The SMILES string of the molecule is NS(=O)(=O)c1cccc2c1C(c1ccc(Oc3ccc4ccccc4c3)cc1)C(=O)N2. The summed E-state index contributed by atoms with van der Waals surface area (Å²) in [6.45, 7) is 0. The summed E-state index contributed by atoms with van der Waals surface area (Å²) in [5.74, 6) is 0.248. The van der Waals surface area contributed by atoms with Crippen molar-refractivity contribution in [2.24, 2.45) is 5.14 Å². The number of rotatable bonds is 4. The second-order valence-corrected chi connectivity index (χ2v) is 8.89. The van der Waals surface area contributed by atoms with Crippen LogP contribution in [-0.2, 0) is 14.8 Å². The number of primary sulfonamides is 1. The molecule has 0 saturated carbocycles. The number of carbonyl (C=O) groups is 1. The van der Waals surface area contributed by atoms with Crippen molar-refractivity contribution in [1.82, 2.24) is 0 Å². The summed E-state index contributed by atoms with van der Waals surface area (Å²) in [7, 11) is -3.98. The quantitative estimate of drug-likeness (QED) is 0.502. The molecule has 7 heteroatoms. The van der Waals surface area contributed by atoms with Crippen LogP contribution in [0.25, 0.3) is 10.8 Å². The van der Waals surface area contributed by atoms with Gasteiger partial charge in [0.15, 0.2) is 0 Å². The van der Waals surface area contributed by atoms with Gasteiger partial charge in [0.2, 0.25) is 15.9 Å².